The minimum atomic E-state index is 0.211. The van der Waals surface area contributed by atoms with Gasteiger partial charge < -0.3 is 15.2 Å². The van der Waals surface area contributed by atoms with Crippen LogP contribution >= 0.6 is 15.9 Å². The molecule has 0 aliphatic carbocycles. The molecule has 4 heteroatoms. The Hall–Kier alpha value is -0.580. The van der Waals surface area contributed by atoms with Crippen molar-refractivity contribution in [2.24, 2.45) is 5.73 Å². The normalized spacial score (nSPS) is 28.1. The van der Waals surface area contributed by atoms with Gasteiger partial charge in [0.2, 0.25) is 0 Å². The van der Waals surface area contributed by atoms with Crippen LogP contribution in [0.4, 0.5) is 0 Å². The van der Waals surface area contributed by atoms with Gasteiger partial charge in [-0.3, -0.25) is 0 Å². The van der Waals surface area contributed by atoms with Gasteiger partial charge in [-0.2, -0.15) is 0 Å². The van der Waals surface area contributed by atoms with Crippen LogP contribution < -0.4 is 10.5 Å². The molecule has 1 aromatic rings. The maximum atomic E-state index is 6.11. The Morgan fingerprint density at radius 3 is 2.61 bits per heavy atom. The molecule has 100 valence electrons. The average molecular weight is 314 g/mol. The fourth-order valence-corrected chi connectivity index (χ4v) is 2.77. The van der Waals surface area contributed by atoms with Gasteiger partial charge in [0.25, 0.3) is 0 Å². The van der Waals surface area contributed by atoms with Crippen molar-refractivity contribution >= 4 is 15.9 Å². The molecule has 1 saturated heterocycles. The number of hydrogen-bond donors (Lipinski definition) is 1. The predicted octanol–water partition coefficient (Wildman–Crippen LogP) is 3.24. The van der Waals surface area contributed by atoms with E-state index in [0.29, 0.717) is 6.54 Å². The molecule has 2 unspecified atom stereocenters. The van der Waals surface area contributed by atoms with Crippen LogP contribution in [-0.4, -0.2) is 18.3 Å². The zero-order valence-corrected chi connectivity index (χ0v) is 12.4. The molecule has 0 saturated carbocycles. The molecule has 1 heterocycles. The van der Waals surface area contributed by atoms with Crippen LogP contribution in [0.3, 0.4) is 0 Å². The summed E-state index contributed by atoms with van der Waals surface area (Å²) in [6.07, 6.45) is 2.59. The fraction of sp³-hybridized carbons (Fsp3) is 0.571. The second-order valence-corrected chi connectivity index (χ2v) is 5.84. The Labute approximate surface area is 117 Å². The van der Waals surface area contributed by atoms with Crippen molar-refractivity contribution in [3.63, 3.8) is 0 Å². The van der Waals surface area contributed by atoms with Gasteiger partial charge in [0.1, 0.15) is 11.9 Å². The Kier molecular flexibility index (Phi) is 4.65. The van der Waals surface area contributed by atoms with Crippen LogP contribution in [0, 0.1) is 0 Å². The Balaban J connectivity index is 2.10. The van der Waals surface area contributed by atoms with Crippen molar-refractivity contribution in [1.29, 1.82) is 0 Å². The summed E-state index contributed by atoms with van der Waals surface area (Å²) in [5, 5.41) is 0. The monoisotopic (exact) mass is 313 g/mol. The van der Waals surface area contributed by atoms with Gasteiger partial charge in [0, 0.05) is 29.4 Å². The first kappa shape index (κ1) is 13.8. The lowest BCUT2D eigenvalue weighted by Crippen LogP contribution is -2.35. The molecule has 1 aromatic carbocycles. The van der Waals surface area contributed by atoms with Crippen molar-refractivity contribution in [2.45, 2.75) is 51.5 Å². The summed E-state index contributed by atoms with van der Waals surface area (Å²) in [5.41, 5.74) is 6.79. The standard InChI is InChI=1S/C14H20BrNO2/c1-9-5-13(6-10(2)17-9)18-14-7-12(15)4-3-11(14)8-16/h3-4,7,9-10,13H,5-6,8,16H2,1-2H3. The Morgan fingerprint density at radius 1 is 1.33 bits per heavy atom. The number of hydrogen-bond acceptors (Lipinski definition) is 3. The highest BCUT2D eigenvalue weighted by Gasteiger charge is 2.26. The van der Waals surface area contributed by atoms with Crippen molar-refractivity contribution < 1.29 is 9.47 Å². The van der Waals surface area contributed by atoms with Gasteiger partial charge in [0.05, 0.1) is 12.2 Å². The largest absolute Gasteiger partial charge is 0.490 e. The summed E-state index contributed by atoms with van der Waals surface area (Å²) >= 11 is 3.47. The van der Waals surface area contributed by atoms with Crippen molar-refractivity contribution in [3.8, 4) is 5.75 Å². The maximum Gasteiger partial charge on any atom is 0.125 e. The summed E-state index contributed by atoms with van der Waals surface area (Å²) in [6.45, 7) is 4.69. The van der Waals surface area contributed by atoms with E-state index in [-0.39, 0.29) is 18.3 Å². The SMILES string of the molecule is CC1CC(Oc2cc(Br)ccc2CN)CC(C)O1. The van der Waals surface area contributed by atoms with E-state index in [2.05, 4.69) is 29.8 Å². The zero-order valence-electron chi connectivity index (χ0n) is 10.9. The molecule has 0 bridgehead atoms. The van der Waals surface area contributed by atoms with E-state index in [1.54, 1.807) is 0 Å². The minimum Gasteiger partial charge on any atom is -0.490 e. The molecular formula is C14H20BrNO2. The predicted molar refractivity (Wildman–Crippen MR) is 75.7 cm³/mol. The van der Waals surface area contributed by atoms with Crippen LogP contribution in [0.5, 0.6) is 5.75 Å². The lowest BCUT2D eigenvalue weighted by Gasteiger charge is -2.32. The third-order valence-corrected chi connectivity index (χ3v) is 3.69. The fourth-order valence-electron chi connectivity index (χ4n) is 2.43. The highest BCUT2D eigenvalue weighted by molar-refractivity contribution is 9.10. The van der Waals surface area contributed by atoms with Gasteiger partial charge in [-0.1, -0.05) is 22.0 Å². The second kappa shape index (κ2) is 6.04. The molecule has 1 aliphatic heterocycles. The van der Waals surface area contributed by atoms with Gasteiger partial charge in [-0.15, -0.1) is 0 Å². The number of benzene rings is 1. The highest BCUT2D eigenvalue weighted by Crippen LogP contribution is 2.28. The van der Waals surface area contributed by atoms with E-state index in [9.17, 15) is 0 Å². The molecule has 1 fully saturated rings. The summed E-state index contributed by atoms with van der Waals surface area (Å²) in [5.74, 6) is 0.887. The van der Waals surface area contributed by atoms with Crippen molar-refractivity contribution in [2.75, 3.05) is 0 Å². The van der Waals surface area contributed by atoms with E-state index in [1.165, 1.54) is 0 Å². The number of ether oxygens (including phenoxy) is 2. The molecule has 0 spiro atoms. The van der Waals surface area contributed by atoms with Crippen LogP contribution in [0.25, 0.3) is 0 Å². The van der Waals surface area contributed by atoms with Crippen LogP contribution in [0.2, 0.25) is 0 Å². The topological polar surface area (TPSA) is 44.5 Å². The number of rotatable bonds is 3. The zero-order chi connectivity index (χ0) is 13.1. The van der Waals surface area contributed by atoms with E-state index < -0.39 is 0 Å². The molecule has 18 heavy (non-hydrogen) atoms. The summed E-state index contributed by atoms with van der Waals surface area (Å²) < 4.78 is 12.8. The van der Waals surface area contributed by atoms with E-state index in [0.717, 1.165) is 28.6 Å². The molecule has 2 N–H and O–H groups in total. The summed E-state index contributed by atoms with van der Waals surface area (Å²) in [7, 11) is 0. The molecule has 0 amide bonds. The molecule has 3 nitrogen and oxygen atoms in total. The first-order valence-electron chi connectivity index (χ1n) is 6.39. The summed E-state index contributed by atoms with van der Waals surface area (Å²) in [4.78, 5) is 0. The Morgan fingerprint density at radius 2 is 2.00 bits per heavy atom. The van der Waals surface area contributed by atoms with E-state index in [4.69, 9.17) is 15.2 Å². The molecule has 2 rings (SSSR count). The molecule has 0 aromatic heterocycles. The van der Waals surface area contributed by atoms with E-state index >= 15 is 0 Å². The quantitative estimate of drug-likeness (QED) is 0.931. The lowest BCUT2D eigenvalue weighted by molar-refractivity contribution is -0.0723. The van der Waals surface area contributed by atoms with Crippen LogP contribution in [0.15, 0.2) is 22.7 Å². The first-order chi connectivity index (χ1) is 8.58. The number of nitrogens with two attached hydrogens (primary N) is 1. The van der Waals surface area contributed by atoms with Crippen LogP contribution in [0.1, 0.15) is 32.3 Å². The third kappa shape index (κ3) is 3.46. The van der Waals surface area contributed by atoms with Gasteiger partial charge in [-0.05, 0) is 26.0 Å². The van der Waals surface area contributed by atoms with Crippen LogP contribution in [-0.2, 0) is 11.3 Å². The average Bonchev–Trinajstić information content (AvgIpc) is 2.27. The van der Waals surface area contributed by atoms with Crippen molar-refractivity contribution in [1.82, 2.24) is 0 Å². The van der Waals surface area contributed by atoms with Gasteiger partial charge >= 0.3 is 0 Å². The molecular weight excluding hydrogens is 294 g/mol. The van der Waals surface area contributed by atoms with Gasteiger partial charge in [-0.25, -0.2) is 0 Å². The van der Waals surface area contributed by atoms with Crippen molar-refractivity contribution in [3.05, 3.63) is 28.2 Å². The summed E-state index contributed by atoms with van der Waals surface area (Å²) in [6, 6.07) is 5.99. The second-order valence-electron chi connectivity index (χ2n) is 4.92. The smallest absolute Gasteiger partial charge is 0.125 e. The molecule has 0 radical (unpaired) electrons. The maximum absolute atomic E-state index is 6.11. The minimum absolute atomic E-state index is 0.211. The molecule has 1 aliphatic rings. The third-order valence-electron chi connectivity index (χ3n) is 3.20. The highest BCUT2D eigenvalue weighted by atomic mass is 79.9. The van der Waals surface area contributed by atoms with E-state index in [1.807, 2.05) is 18.2 Å². The van der Waals surface area contributed by atoms with Gasteiger partial charge in [0.15, 0.2) is 0 Å². The Bertz CT molecular complexity index is 401. The number of halogens is 1. The lowest BCUT2D eigenvalue weighted by atomic mass is 10.0. The first-order valence-corrected chi connectivity index (χ1v) is 7.18. The molecule has 2 atom stereocenters.